The maximum Gasteiger partial charge on any atom is 0.145 e. The molecule has 1 fully saturated rings. The Morgan fingerprint density at radius 3 is 2.62 bits per heavy atom. The van der Waals surface area contributed by atoms with Crippen LogP contribution in [0.15, 0.2) is 30.3 Å². The summed E-state index contributed by atoms with van der Waals surface area (Å²) in [5.41, 5.74) is 3.61. The summed E-state index contributed by atoms with van der Waals surface area (Å²) in [7, 11) is 1.95. The number of hydrogen-bond acceptors (Lipinski definition) is 5. The van der Waals surface area contributed by atoms with Gasteiger partial charge in [-0.2, -0.15) is 0 Å². The highest BCUT2D eigenvalue weighted by Crippen LogP contribution is 2.39. The molecule has 21 heavy (non-hydrogen) atoms. The summed E-state index contributed by atoms with van der Waals surface area (Å²) in [5, 5.41) is 0. The molecule has 0 radical (unpaired) electrons. The van der Waals surface area contributed by atoms with E-state index in [-0.39, 0.29) is 5.82 Å². The maximum absolute atomic E-state index is 12.9. The third-order valence-corrected chi connectivity index (χ3v) is 3.54. The molecule has 6 heteroatoms. The average molecular weight is 287 g/mol. The molecule has 1 aromatic carbocycles. The van der Waals surface area contributed by atoms with Crippen LogP contribution in [0, 0.1) is 5.82 Å². The minimum absolute atomic E-state index is 0.228. The van der Waals surface area contributed by atoms with Crippen molar-refractivity contribution in [1.82, 2.24) is 9.97 Å². The Balaban J connectivity index is 1.81. The second kappa shape index (κ2) is 5.65. The number of halogens is 1. The van der Waals surface area contributed by atoms with E-state index < -0.39 is 0 Å². The van der Waals surface area contributed by atoms with Crippen LogP contribution in [-0.4, -0.2) is 17.0 Å². The third kappa shape index (κ3) is 3.28. The number of nitrogens with zero attached hydrogens (tertiary/aromatic N) is 3. The molecule has 1 aliphatic rings. The molecule has 0 amide bonds. The monoisotopic (exact) mass is 287 g/mol. The average Bonchev–Trinajstić information content (AvgIpc) is 3.34. The number of nitrogen functional groups attached to an aromatic ring is 1. The third-order valence-electron chi connectivity index (χ3n) is 3.54. The Bertz CT molecular complexity index is 624. The van der Waals surface area contributed by atoms with Crippen LogP contribution in [-0.2, 0) is 6.54 Å². The van der Waals surface area contributed by atoms with Gasteiger partial charge in [-0.05, 0) is 30.5 Å². The lowest BCUT2D eigenvalue weighted by molar-refractivity contribution is 0.627. The quantitative estimate of drug-likeness (QED) is 0.653. The van der Waals surface area contributed by atoms with Crippen LogP contribution in [0.25, 0.3) is 0 Å². The van der Waals surface area contributed by atoms with E-state index in [0.717, 1.165) is 30.0 Å². The van der Waals surface area contributed by atoms with Gasteiger partial charge in [0.1, 0.15) is 23.3 Å². The summed E-state index contributed by atoms with van der Waals surface area (Å²) in [5.74, 6) is 7.97. The van der Waals surface area contributed by atoms with E-state index in [2.05, 4.69) is 15.4 Å². The van der Waals surface area contributed by atoms with Crippen LogP contribution in [0.2, 0.25) is 0 Å². The molecule has 2 aromatic rings. The van der Waals surface area contributed by atoms with Crippen molar-refractivity contribution in [2.75, 3.05) is 17.4 Å². The van der Waals surface area contributed by atoms with Gasteiger partial charge in [0.25, 0.3) is 0 Å². The van der Waals surface area contributed by atoms with Crippen LogP contribution in [0.1, 0.15) is 30.1 Å². The van der Waals surface area contributed by atoms with Gasteiger partial charge >= 0.3 is 0 Å². The molecule has 0 atom stereocenters. The molecule has 0 spiro atoms. The number of nitrogens with two attached hydrogens (primary N) is 1. The molecule has 0 saturated heterocycles. The molecule has 0 aliphatic heterocycles. The van der Waals surface area contributed by atoms with Crippen LogP contribution >= 0.6 is 0 Å². The van der Waals surface area contributed by atoms with Gasteiger partial charge in [-0.25, -0.2) is 20.2 Å². The SMILES string of the molecule is CN(Cc1ccc(F)cc1)c1cc(NN)nc(C2CC2)n1. The number of anilines is 2. The van der Waals surface area contributed by atoms with Crippen molar-refractivity contribution in [3.05, 3.63) is 47.5 Å². The van der Waals surface area contributed by atoms with Gasteiger partial charge in [-0.3, -0.25) is 0 Å². The summed E-state index contributed by atoms with van der Waals surface area (Å²) >= 11 is 0. The fraction of sp³-hybridized carbons (Fsp3) is 0.333. The van der Waals surface area contributed by atoms with Crippen molar-refractivity contribution in [3.8, 4) is 0 Å². The molecule has 3 N–H and O–H groups in total. The molecule has 5 nitrogen and oxygen atoms in total. The lowest BCUT2D eigenvalue weighted by Gasteiger charge is -2.19. The highest BCUT2D eigenvalue weighted by atomic mass is 19.1. The fourth-order valence-corrected chi connectivity index (χ4v) is 2.19. The first-order valence-electron chi connectivity index (χ1n) is 6.97. The molecule has 1 aliphatic carbocycles. The van der Waals surface area contributed by atoms with Crippen LogP contribution in [0.5, 0.6) is 0 Å². The number of aromatic nitrogens is 2. The first-order valence-corrected chi connectivity index (χ1v) is 6.97. The number of rotatable bonds is 5. The van der Waals surface area contributed by atoms with Crippen molar-refractivity contribution in [2.24, 2.45) is 5.84 Å². The minimum atomic E-state index is -0.228. The van der Waals surface area contributed by atoms with Crippen LogP contribution in [0.4, 0.5) is 16.0 Å². The Kier molecular flexibility index (Phi) is 3.70. The number of hydrogen-bond donors (Lipinski definition) is 2. The fourth-order valence-electron chi connectivity index (χ4n) is 2.19. The Hall–Kier alpha value is -2.21. The zero-order valence-electron chi connectivity index (χ0n) is 11.9. The van der Waals surface area contributed by atoms with E-state index in [1.807, 2.05) is 18.0 Å². The number of benzene rings is 1. The normalized spacial score (nSPS) is 14.0. The molecule has 1 aromatic heterocycles. The molecule has 1 saturated carbocycles. The van der Waals surface area contributed by atoms with Gasteiger partial charge < -0.3 is 10.3 Å². The molecular weight excluding hydrogens is 269 g/mol. The lowest BCUT2D eigenvalue weighted by Crippen LogP contribution is -2.20. The molecule has 3 rings (SSSR count). The molecule has 0 bridgehead atoms. The highest BCUT2D eigenvalue weighted by molar-refractivity contribution is 5.49. The van der Waals surface area contributed by atoms with E-state index in [0.29, 0.717) is 18.3 Å². The summed E-state index contributed by atoms with van der Waals surface area (Å²) in [4.78, 5) is 11.0. The first-order chi connectivity index (χ1) is 10.2. The summed E-state index contributed by atoms with van der Waals surface area (Å²) in [6.45, 7) is 0.644. The molecule has 1 heterocycles. The largest absolute Gasteiger partial charge is 0.355 e. The Morgan fingerprint density at radius 2 is 2.00 bits per heavy atom. The summed E-state index contributed by atoms with van der Waals surface area (Å²) < 4.78 is 12.9. The molecule has 110 valence electrons. The second-order valence-corrected chi connectivity index (χ2v) is 5.37. The zero-order chi connectivity index (χ0) is 14.8. The standard InChI is InChI=1S/C15H18FN5/c1-21(9-10-2-6-12(16)7-3-10)14-8-13(20-17)18-15(19-14)11-4-5-11/h2-3,6-8,11H,4-5,9,17H2,1H3,(H,18,19,20). The number of hydrazine groups is 1. The van der Waals surface area contributed by atoms with Gasteiger partial charge in [-0.15, -0.1) is 0 Å². The smallest absolute Gasteiger partial charge is 0.145 e. The second-order valence-electron chi connectivity index (χ2n) is 5.37. The van der Waals surface area contributed by atoms with Crippen LogP contribution < -0.4 is 16.2 Å². The van der Waals surface area contributed by atoms with Gasteiger partial charge in [0.05, 0.1) is 0 Å². The molecular formula is C15H18FN5. The van der Waals surface area contributed by atoms with E-state index >= 15 is 0 Å². The van der Waals surface area contributed by atoms with Gasteiger partial charge in [0.2, 0.25) is 0 Å². The molecule has 0 unspecified atom stereocenters. The van der Waals surface area contributed by atoms with Crippen molar-refractivity contribution < 1.29 is 4.39 Å². The van der Waals surface area contributed by atoms with Gasteiger partial charge in [0, 0.05) is 25.6 Å². The predicted octanol–water partition coefficient (Wildman–Crippen LogP) is 2.42. The minimum Gasteiger partial charge on any atom is -0.355 e. The van der Waals surface area contributed by atoms with Gasteiger partial charge in [-0.1, -0.05) is 12.1 Å². The van der Waals surface area contributed by atoms with Crippen molar-refractivity contribution in [2.45, 2.75) is 25.3 Å². The van der Waals surface area contributed by atoms with Crippen molar-refractivity contribution >= 4 is 11.6 Å². The van der Waals surface area contributed by atoms with E-state index in [9.17, 15) is 4.39 Å². The number of nitrogens with one attached hydrogen (secondary N) is 1. The summed E-state index contributed by atoms with van der Waals surface area (Å²) in [6, 6.07) is 8.29. The van der Waals surface area contributed by atoms with E-state index in [1.165, 1.54) is 12.1 Å². The van der Waals surface area contributed by atoms with E-state index in [1.54, 1.807) is 12.1 Å². The van der Waals surface area contributed by atoms with Crippen molar-refractivity contribution in [1.29, 1.82) is 0 Å². The summed E-state index contributed by atoms with van der Waals surface area (Å²) in [6.07, 6.45) is 2.27. The van der Waals surface area contributed by atoms with Gasteiger partial charge in [0.15, 0.2) is 0 Å². The maximum atomic E-state index is 12.9. The Labute approximate surface area is 123 Å². The van der Waals surface area contributed by atoms with Crippen molar-refractivity contribution in [3.63, 3.8) is 0 Å². The predicted molar refractivity (Wildman–Crippen MR) is 80.3 cm³/mol. The van der Waals surface area contributed by atoms with E-state index in [4.69, 9.17) is 5.84 Å². The topological polar surface area (TPSA) is 67.1 Å². The lowest BCUT2D eigenvalue weighted by atomic mass is 10.2. The van der Waals surface area contributed by atoms with Crippen LogP contribution in [0.3, 0.4) is 0 Å². The first kappa shape index (κ1) is 13.8. The Morgan fingerprint density at radius 1 is 1.29 bits per heavy atom. The zero-order valence-corrected chi connectivity index (χ0v) is 11.9. The highest BCUT2D eigenvalue weighted by Gasteiger charge is 2.27.